The van der Waals surface area contributed by atoms with E-state index in [1.54, 1.807) is 11.9 Å². The molecule has 0 radical (unpaired) electrons. The number of likely N-dealkylation sites (N-methyl/N-ethyl adjacent to an activating group) is 1. The second-order valence-electron chi connectivity index (χ2n) is 8.04. The van der Waals surface area contributed by atoms with E-state index < -0.39 is 0 Å². The van der Waals surface area contributed by atoms with Gasteiger partial charge in [-0.25, -0.2) is 0 Å². The van der Waals surface area contributed by atoms with Crippen molar-refractivity contribution in [3.05, 3.63) is 52.8 Å². The average molecular weight is 398 g/mol. The zero-order valence-electron chi connectivity index (χ0n) is 17.8. The number of aryl methyl sites for hydroxylation is 2. The number of benzene rings is 1. The summed E-state index contributed by atoms with van der Waals surface area (Å²) in [4.78, 5) is 26.8. The molecule has 0 saturated carbocycles. The van der Waals surface area contributed by atoms with Gasteiger partial charge in [0.15, 0.2) is 5.78 Å². The van der Waals surface area contributed by atoms with Crippen LogP contribution in [0.2, 0.25) is 0 Å². The highest BCUT2D eigenvalue weighted by atomic mass is 16.5. The Morgan fingerprint density at radius 2 is 1.90 bits per heavy atom. The van der Waals surface area contributed by atoms with E-state index in [1.165, 1.54) is 0 Å². The van der Waals surface area contributed by atoms with E-state index in [0.29, 0.717) is 0 Å². The number of nitrogens with one attached hydrogen (secondary N) is 1. The van der Waals surface area contributed by atoms with Crippen molar-refractivity contribution in [2.45, 2.75) is 46.3 Å². The normalized spacial score (nSPS) is 16.4. The van der Waals surface area contributed by atoms with Gasteiger partial charge in [-0.2, -0.15) is 0 Å². The highest BCUT2D eigenvalue weighted by molar-refractivity contribution is 5.99. The Labute approximate surface area is 172 Å². The molecule has 29 heavy (non-hydrogen) atoms. The topological polar surface area (TPSA) is 63.6 Å². The number of nitrogens with zero attached hydrogens (tertiary/aromatic N) is 2. The molecule has 156 valence electrons. The van der Waals surface area contributed by atoms with Crippen molar-refractivity contribution in [3.63, 3.8) is 0 Å². The van der Waals surface area contributed by atoms with E-state index in [-0.39, 0.29) is 30.9 Å². The fourth-order valence-corrected chi connectivity index (χ4v) is 3.83. The van der Waals surface area contributed by atoms with Gasteiger partial charge < -0.3 is 14.6 Å². The fourth-order valence-electron chi connectivity index (χ4n) is 3.83. The van der Waals surface area contributed by atoms with Crippen LogP contribution in [-0.2, 0) is 16.1 Å². The van der Waals surface area contributed by atoms with Crippen LogP contribution in [0.25, 0.3) is 0 Å². The number of hydrogen-bond donors (Lipinski definition) is 1. The molecule has 1 fully saturated rings. The van der Waals surface area contributed by atoms with Crippen molar-refractivity contribution >= 4 is 17.4 Å². The summed E-state index contributed by atoms with van der Waals surface area (Å²) < 4.78 is 7.92. The first kappa shape index (κ1) is 21.3. The Hall–Kier alpha value is -2.44. The second-order valence-corrected chi connectivity index (χ2v) is 8.04. The minimum absolute atomic E-state index is 0.0299. The Kier molecular flexibility index (Phi) is 6.87. The maximum atomic E-state index is 12.8. The summed E-state index contributed by atoms with van der Waals surface area (Å²) in [5, 5.41) is 2.87. The lowest BCUT2D eigenvalue weighted by Gasteiger charge is -2.16. The van der Waals surface area contributed by atoms with Crippen molar-refractivity contribution in [1.29, 1.82) is 0 Å². The molecule has 1 aromatic heterocycles. The molecule has 6 nitrogen and oxygen atoms in total. The minimum Gasteiger partial charge on any atom is -0.376 e. The highest BCUT2D eigenvalue weighted by Gasteiger charge is 2.22. The predicted molar refractivity (Wildman–Crippen MR) is 115 cm³/mol. The number of hydrogen-bond acceptors (Lipinski definition) is 4. The van der Waals surface area contributed by atoms with Crippen molar-refractivity contribution in [2.24, 2.45) is 0 Å². The van der Waals surface area contributed by atoms with E-state index in [9.17, 15) is 9.59 Å². The summed E-state index contributed by atoms with van der Waals surface area (Å²) >= 11 is 0. The Bertz CT molecular complexity index is 864. The summed E-state index contributed by atoms with van der Waals surface area (Å²) in [7, 11) is 1.79. The van der Waals surface area contributed by atoms with E-state index >= 15 is 0 Å². The van der Waals surface area contributed by atoms with Gasteiger partial charge in [0.25, 0.3) is 0 Å². The summed E-state index contributed by atoms with van der Waals surface area (Å²) in [5.41, 5.74) is 4.67. The summed E-state index contributed by atoms with van der Waals surface area (Å²) in [5.74, 6) is -0.102. The predicted octanol–water partition coefficient (Wildman–Crippen LogP) is 3.35. The van der Waals surface area contributed by atoms with Crippen LogP contribution in [0.5, 0.6) is 0 Å². The summed E-state index contributed by atoms with van der Waals surface area (Å²) in [6.07, 6.45) is 2.40. The third-order valence-electron chi connectivity index (χ3n) is 5.45. The number of ketones is 1. The SMILES string of the molecule is Cc1ccc(NC(=O)CN(C)CC(=O)c2cc(C)n(C[C@H]3CCCO3)c2C)cc1. The van der Waals surface area contributed by atoms with Gasteiger partial charge in [0, 0.05) is 35.8 Å². The molecule has 1 amide bonds. The van der Waals surface area contributed by atoms with Gasteiger partial charge in [0.2, 0.25) is 5.91 Å². The smallest absolute Gasteiger partial charge is 0.238 e. The first-order valence-electron chi connectivity index (χ1n) is 10.2. The largest absolute Gasteiger partial charge is 0.376 e. The van der Waals surface area contributed by atoms with Crippen molar-refractivity contribution in [2.75, 3.05) is 32.1 Å². The van der Waals surface area contributed by atoms with Crippen molar-refractivity contribution in [3.8, 4) is 0 Å². The number of aromatic nitrogens is 1. The van der Waals surface area contributed by atoms with E-state index in [4.69, 9.17) is 4.74 Å². The number of anilines is 1. The number of amides is 1. The van der Waals surface area contributed by atoms with Crippen LogP contribution >= 0.6 is 0 Å². The third-order valence-corrected chi connectivity index (χ3v) is 5.45. The monoisotopic (exact) mass is 397 g/mol. The van der Waals surface area contributed by atoms with Crippen LogP contribution < -0.4 is 5.32 Å². The lowest BCUT2D eigenvalue weighted by Crippen LogP contribution is -2.34. The standard InChI is InChI=1S/C23H31N3O3/c1-16-7-9-19(10-8-16)24-23(28)15-25(4)14-22(27)21-12-17(2)26(18(21)3)13-20-6-5-11-29-20/h7-10,12,20H,5-6,11,13-15H2,1-4H3,(H,24,28)/t20-/m1/s1. The third kappa shape index (κ3) is 5.55. The molecule has 1 aliphatic rings. The molecule has 1 aromatic carbocycles. The van der Waals surface area contributed by atoms with E-state index in [0.717, 1.165) is 54.2 Å². The second kappa shape index (κ2) is 9.37. The molecule has 2 heterocycles. The number of carbonyl (C=O) groups is 2. The van der Waals surface area contributed by atoms with E-state index in [1.807, 2.05) is 51.1 Å². The van der Waals surface area contributed by atoms with Gasteiger partial charge >= 0.3 is 0 Å². The Balaban J connectivity index is 1.56. The van der Waals surface area contributed by atoms with Crippen LogP contribution in [0, 0.1) is 20.8 Å². The zero-order valence-corrected chi connectivity index (χ0v) is 17.8. The average Bonchev–Trinajstić information content (AvgIpc) is 3.27. The van der Waals surface area contributed by atoms with Gasteiger partial charge in [-0.3, -0.25) is 14.5 Å². The lowest BCUT2D eigenvalue weighted by molar-refractivity contribution is -0.116. The molecule has 0 aliphatic carbocycles. The summed E-state index contributed by atoms with van der Waals surface area (Å²) in [6.45, 7) is 7.99. The highest BCUT2D eigenvalue weighted by Crippen LogP contribution is 2.21. The molecule has 3 rings (SSSR count). The number of Topliss-reactive ketones (excluding diaryl/α,β-unsaturated/α-hetero) is 1. The maximum Gasteiger partial charge on any atom is 0.238 e. The zero-order chi connectivity index (χ0) is 21.0. The molecule has 6 heteroatoms. The molecule has 2 aromatic rings. The Morgan fingerprint density at radius 1 is 1.17 bits per heavy atom. The van der Waals surface area contributed by atoms with Crippen LogP contribution in [0.1, 0.15) is 40.2 Å². The maximum absolute atomic E-state index is 12.8. The van der Waals surface area contributed by atoms with Gasteiger partial charge in [-0.1, -0.05) is 17.7 Å². The van der Waals surface area contributed by atoms with Gasteiger partial charge in [0.1, 0.15) is 0 Å². The molecular weight excluding hydrogens is 366 g/mol. The van der Waals surface area contributed by atoms with Crippen molar-refractivity contribution in [1.82, 2.24) is 9.47 Å². The number of carbonyl (C=O) groups excluding carboxylic acids is 2. The molecule has 1 N–H and O–H groups in total. The van der Waals surface area contributed by atoms with Gasteiger partial charge in [-0.15, -0.1) is 0 Å². The van der Waals surface area contributed by atoms with Gasteiger partial charge in [-0.05, 0) is 58.9 Å². The number of rotatable bonds is 8. The fraction of sp³-hybridized carbons (Fsp3) is 0.478. The van der Waals surface area contributed by atoms with Crippen LogP contribution in [-0.4, -0.2) is 54.0 Å². The molecule has 1 atom stereocenters. The molecule has 1 aliphatic heterocycles. The van der Waals surface area contributed by atoms with Crippen LogP contribution in [0.3, 0.4) is 0 Å². The first-order valence-corrected chi connectivity index (χ1v) is 10.2. The lowest BCUT2D eigenvalue weighted by atomic mass is 10.1. The molecule has 1 saturated heterocycles. The molecule has 0 bridgehead atoms. The summed E-state index contributed by atoms with van der Waals surface area (Å²) in [6, 6.07) is 9.61. The quantitative estimate of drug-likeness (QED) is 0.694. The first-order chi connectivity index (χ1) is 13.8. The number of ether oxygens (including phenoxy) is 1. The van der Waals surface area contributed by atoms with Crippen LogP contribution in [0.15, 0.2) is 30.3 Å². The van der Waals surface area contributed by atoms with E-state index in [2.05, 4.69) is 9.88 Å². The molecular formula is C23H31N3O3. The molecule has 0 unspecified atom stereocenters. The van der Waals surface area contributed by atoms with Crippen LogP contribution in [0.4, 0.5) is 5.69 Å². The molecule has 0 spiro atoms. The van der Waals surface area contributed by atoms with Crippen molar-refractivity contribution < 1.29 is 14.3 Å². The van der Waals surface area contributed by atoms with Gasteiger partial charge in [0.05, 0.1) is 19.2 Å². The Morgan fingerprint density at radius 3 is 2.55 bits per heavy atom. The minimum atomic E-state index is -0.131.